The summed E-state index contributed by atoms with van der Waals surface area (Å²) in [5.74, 6) is 0.560. The van der Waals surface area contributed by atoms with Gasteiger partial charge in [0, 0.05) is 11.7 Å². The monoisotopic (exact) mass is 204 g/mol. The molecule has 0 saturated carbocycles. The van der Waals surface area contributed by atoms with Crippen LogP contribution in [-0.4, -0.2) is 14.5 Å². The third-order valence-corrected chi connectivity index (χ3v) is 2.95. The van der Waals surface area contributed by atoms with E-state index in [1.165, 1.54) is 0 Å². The van der Waals surface area contributed by atoms with Crippen molar-refractivity contribution >= 4 is 17.0 Å². The number of anilines is 1. The van der Waals surface area contributed by atoms with Gasteiger partial charge in [-0.3, -0.25) is 4.98 Å². The van der Waals surface area contributed by atoms with Crippen molar-refractivity contribution in [2.75, 3.05) is 5.73 Å². The van der Waals surface area contributed by atoms with E-state index in [1.54, 1.807) is 12.4 Å². The molecule has 2 rings (SSSR count). The van der Waals surface area contributed by atoms with Crippen LogP contribution in [0.3, 0.4) is 0 Å². The molecule has 0 aliphatic rings. The fourth-order valence-corrected chi connectivity index (χ4v) is 1.75. The lowest BCUT2D eigenvalue weighted by Crippen LogP contribution is -2.26. The standard InChI is InChI=1S/C11H16N4/c1-4-11(2,3)15-9-5-6-13-7-8(9)14-10(15)12/h5-7H,4H2,1-3H3,(H2,12,14). The van der Waals surface area contributed by atoms with Crippen molar-refractivity contribution in [3.05, 3.63) is 18.5 Å². The van der Waals surface area contributed by atoms with Crippen LogP contribution in [0.5, 0.6) is 0 Å². The zero-order chi connectivity index (χ0) is 11.1. The highest BCUT2D eigenvalue weighted by molar-refractivity contribution is 5.77. The Labute approximate surface area is 89.1 Å². The molecule has 80 valence electrons. The van der Waals surface area contributed by atoms with E-state index < -0.39 is 0 Å². The van der Waals surface area contributed by atoms with Crippen LogP contribution in [0.4, 0.5) is 5.95 Å². The first kappa shape index (κ1) is 9.96. The molecule has 4 nitrogen and oxygen atoms in total. The van der Waals surface area contributed by atoms with Crippen LogP contribution in [0.15, 0.2) is 18.5 Å². The number of fused-ring (bicyclic) bond motifs is 1. The quantitative estimate of drug-likeness (QED) is 0.815. The minimum absolute atomic E-state index is 0.0137. The Hall–Kier alpha value is -1.58. The summed E-state index contributed by atoms with van der Waals surface area (Å²) >= 11 is 0. The maximum atomic E-state index is 5.94. The third-order valence-electron chi connectivity index (χ3n) is 2.95. The normalized spacial score (nSPS) is 12.2. The van der Waals surface area contributed by atoms with E-state index >= 15 is 0 Å². The van der Waals surface area contributed by atoms with Crippen LogP contribution >= 0.6 is 0 Å². The van der Waals surface area contributed by atoms with Gasteiger partial charge in [0.15, 0.2) is 0 Å². The Kier molecular flexibility index (Phi) is 2.14. The van der Waals surface area contributed by atoms with Crippen LogP contribution in [-0.2, 0) is 5.54 Å². The molecule has 2 heterocycles. The van der Waals surface area contributed by atoms with Crippen molar-refractivity contribution in [3.8, 4) is 0 Å². The van der Waals surface area contributed by atoms with Gasteiger partial charge in [-0.2, -0.15) is 0 Å². The highest BCUT2D eigenvalue weighted by atomic mass is 15.2. The predicted molar refractivity (Wildman–Crippen MR) is 61.6 cm³/mol. The van der Waals surface area contributed by atoms with Crippen LogP contribution in [0.1, 0.15) is 27.2 Å². The lowest BCUT2D eigenvalue weighted by atomic mass is 10.0. The molecule has 0 spiro atoms. The SMILES string of the molecule is CCC(C)(C)n1c(N)nc2cnccc21. The first-order valence-corrected chi connectivity index (χ1v) is 5.14. The summed E-state index contributed by atoms with van der Waals surface area (Å²) in [6.07, 6.45) is 4.52. The van der Waals surface area contributed by atoms with Crippen molar-refractivity contribution in [1.82, 2.24) is 14.5 Å². The smallest absolute Gasteiger partial charge is 0.201 e. The van der Waals surface area contributed by atoms with Crippen LogP contribution in [0, 0.1) is 0 Å². The number of imidazole rings is 1. The summed E-state index contributed by atoms with van der Waals surface area (Å²) < 4.78 is 2.07. The number of nitrogen functional groups attached to an aromatic ring is 1. The fraction of sp³-hybridized carbons (Fsp3) is 0.455. The molecule has 2 N–H and O–H groups in total. The summed E-state index contributed by atoms with van der Waals surface area (Å²) in [6.45, 7) is 6.46. The highest BCUT2D eigenvalue weighted by Crippen LogP contribution is 2.28. The van der Waals surface area contributed by atoms with Crippen LogP contribution in [0.2, 0.25) is 0 Å². The van der Waals surface area contributed by atoms with Gasteiger partial charge in [0.2, 0.25) is 5.95 Å². The molecular weight excluding hydrogens is 188 g/mol. The van der Waals surface area contributed by atoms with Gasteiger partial charge in [0.05, 0.1) is 11.7 Å². The van der Waals surface area contributed by atoms with Gasteiger partial charge < -0.3 is 10.3 Å². The molecule has 15 heavy (non-hydrogen) atoms. The summed E-state index contributed by atoms with van der Waals surface area (Å²) in [5, 5.41) is 0. The van der Waals surface area contributed by atoms with E-state index in [2.05, 4.69) is 35.3 Å². The highest BCUT2D eigenvalue weighted by Gasteiger charge is 2.22. The topological polar surface area (TPSA) is 56.7 Å². The van der Waals surface area contributed by atoms with Gasteiger partial charge in [-0.1, -0.05) is 6.92 Å². The maximum Gasteiger partial charge on any atom is 0.201 e. The van der Waals surface area contributed by atoms with Gasteiger partial charge >= 0.3 is 0 Å². The van der Waals surface area contributed by atoms with Crippen molar-refractivity contribution in [2.45, 2.75) is 32.7 Å². The van der Waals surface area contributed by atoms with Crippen molar-refractivity contribution in [3.63, 3.8) is 0 Å². The summed E-state index contributed by atoms with van der Waals surface area (Å²) in [6, 6.07) is 1.95. The molecule has 0 radical (unpaired) electrons. The number of nitrogens with zero attached hydrogens (tertiary/aromatic N) is 3. The summed E-state index contributed by atoms with van der Waals surface area (Å²) in [4.78, 5) is 8.35. The molecule has 2 aromatic rings. The number of hydrogen-bond acceptors (Lipinski definition) is 3. The average molecular weight is 204 g/mol. The number of nitrogens with two attached hydrogens (primary N) is 1. The van der Waals surface area contributed by atoms with E-state index in [1.807, 2.05) is 6.07 Å². The number of aromatic nitrogens is 3. The van der Waals surface area contributed by atoms with E-state index in [0.29, 0.717) is 5.95 Å². The molecule has 0 bridgehead atoms. The molecule has 0 fully saturated rings. The number of hydrogen-bond donors (Lipinski definition) is 1. The molecule has 0 aliphatic carbocycles. The molecule has 0 saturated heterocycles. The Morgan fingerprint density at radius 3 is 2.87 bits per heavy atom. The predicted octanol–water partition coefficient (Wildman–Crippen LogP) is 2.16. The molecule has 0 unspecified atom stereocenters. The van der Waals surface area contributed by atoms with Gasteiger partial charge in [-0.25, -0.2) is 4.98 Å². The largest absolute Gasteiger partial charge is 0.369 e. The molecule has 0 aromatic carbocycles. The van der Waals surface area contributed by atoms with Gasteiger partial charge in [0.1, 0.15) is 5.52 Å². The van der Waals surface area contributed by atoms with Gasteiger partial charge in [-0.05, 0) is 26.3 Å². The van der Waals surface area contributed by atoms with E-state index in [0.717, 1.165) is 17.5 Å². The van der Waals surface area contributed by atoms with E-state index in [4.69, 9.17) is 5.73 Å². The lowest BCUT2D eigenvalue weighted by Gasteiger charge is -2.26. The molecule has 0 aliphatic heterocycles. The van der Waals surface area contributed by atoms with E-state index in [-0.39, 0.29) is 5.54 Å². The second kappa shape index (κ2) is 3.22. The second-order valence-corrected chi connectivity index (χ2v) is 4.34. The van der Waals surface area contributed by atoms with Gasteiger partial charge in [-0.15, -0.1) is 0 Å². The molecule has 0 amide bonds. The van der Waals surface area contributed by atoms with Crippen molar-refractivity contribution in [1.29, 1.82) is 0 Å². The minimum atomic E-state index is -0.0137. The maximum absolute atomic E-state index is 5.94. The fourth-order valence-electron chi connectivity index (χ4n) is 1.75. The number of rotatable bonds is 2. The zero-order valence-corrected chi connectivity index (χ0v) is 9.36. The van der Waals surface area contributed by atoms with Gasteiger partial charge in [0.25, 0.3) is 0 Å². The Bertz CT molecular complexity index is 484. The minimum Gasteiger partial charge on any atom is -0.369 e. The Morgan fingerprint density at radius 2 is 2.20 bits per heavy atom. The molecule has 2 aromatic heterocycles. The molecule has 0 atom stereocenters. The second-order valence-electron chi connectivity index (χ2n) is 4.34. The number of pyridine rings is 1. The van der Waals surface area contributed by atoms with Crippen LogP contribution < -0.4 is 5.73 Å². The van der Waals surface area contributed by atoms with Crippen molar-refractivity contribution in [2.24, 2.45) is 0 Å². The Morgan fingerprint density at radius 1 is 1.47 bits per heavy atom. The average Bonchev–Trinajstić information content (AvgIpc) is 2.54. The first-order valence-electron chi connectivity index (χ1n) is 5.14. The van der Waals surface area contributed by atoms with Crippen molar-refractivity contribution < 1.29 is 0 Å². The molecule has 4 heteroatoms. The third kappa shape index (κ3) is 1.46. The zero-order valence-electron chi connectivity index (χ0n) is 9.36. The van der Waals surface area contributed by atoms with Crippen LogP contribution in [0.25, 0.3) is 11.0 Å². The lowest BCUT2D eigenvalue weighted by molar-refractivity contribution is 0.357. The summed E-state index contributed by atoms with van der Waals surface area (Å²) in [5.41, 5.74) is 7.83. The summed E-state index contributed by atoms with van der Waals surface area (Å²) in [7, 11) is 0. The first-order chi connectivity index (χ1) is 7.06. The Balaban J connectivity index is 2.74. The molecular formula is C11H16N4. The van der Waals surface area contributed by atoms with E-state index in [9.17, 15) is 0 Å².